The summed E-state index contributed by atoms with van der Waals surface area (Å²) in [6, 6.07) is 80.4. The van der Waals surface area contributed by atoms with Gasteiger partial charge in [0.1, 0.15) is 0 Å². The second-order valence-electron chi connectivity index (χ2n) is 17.3. The molecule has 0 bridgehead atoms. The molecule has 4 nitrogen and oxygen atoms in total. The van der Waals surface area contributed by atoms with Crippen LogP contribution in [0, 0.1) is 25.2 Å². The number of hydrogen-bond donors (Lipinski definition) is 0. The summed E-state index contributed by atoms with van der Waals surface area (Å²) in [6.45, 7) is 4.28. The predicted octanol–water partition coefficient (Wildman–Crippen LogP) is 16.1. The Morgan fingerprint density at radius 2 is 0.758 bits per heavy atom. The molecule has 0 N–H and O–H groups in total. The minimum Gasteiger partial charge on any atom is -0.308 e. The Morgan fingerprint density at radius 1 is 0.348 bits per heavy atom. The second-order valence-corrected chi connectivity index (χ2v) is 17.3. The van der Waals surface area contributed by atoms with E-state index in [2.05, 4.69) is 235 Å². The number of para-hydroxylation sites is 2. The summed E-state index contributed by atoms with van der Waals surface area (Å²) in [7, 11) is 0. The molecule has 0 radical (unpaired) electrons. The minimum absolute atomic E-state index is 0.564. The van der Waals surface area contributed by atoms with Crippen molar-refractivity contribution < 1.29 is 0 Å². The van der Waals surface area contributed by atoms with Crippen molar-refractivity contribution in [2.45, 2.75) is 13.8 Å². The molecule has 3 heterocycles. The number of aryl methyl sites for hydroxylation is 2. The van der Waals surface area contributed by atoms with Crippen LogP contribution in [0.4, 0.5) is 0 Å². The zero-order valence-electron chi connectivity index (χ0n) is 36.6. The standard InChI is InChI=1S/C62H42N4/c1-40-15-13-21-45(31-40)47-27-29-58-52(35-47)50-23-9-11-25-56(50)65(58)60-33-42(39-63)34-61(62(60)49-37-54(43-17-5-3-6-18-43)64-55(38-49)44-19-7-4-8-20-44)66-57-26-12-10-24-51(57)53-36-48(28-30-59(53)66)46-22-14-16-41(2)32-46/h3-38H,1-2H3. The topological polar surface area (TPSA) is 46.5 Å². The van der Waals surface area contributed by atoms with Crippen molar-refractivity contribution in [2.75, 3.05) is 0 Å². The van der Waals surface area contributed by atoms with Gasteiger partial charge in [0.2, 0.25) is 0 Å². The van der Waals surface area contributed by atoms with E-state index in [0.717, 1.165) is 99.8 Å². The van der Waals surface area contributed by atoms with Crippen LogP contribution >= 0.6 is 0 Å². The molecule has 12 aromatic rings. The van der Waals surface area contributed by atoms with Crippen LogP contribution in [0.1, 0.15) is 16.7 Å². The second kappa shape index (κ2) is 15.8. The van der Waals surface area contributed by atoms with Gasteiger partial charge in [-0.25, -0.2) is 4.98 Å². The van der Waals surface area contributed by atoms with Crippen LogP contribution in [0.2, 0.25) is 0 Å². The summed E-state index contributed by atoms with van der Waals surface area (Å²) in [5.74, 6) is 0. The van der Waals surface area contributed by atoms with Crippen molar-refractivity contribution in [1.29, 1.82) is 5.26 Å². The summed E-state index contributed by atoms with van der Waals surface area (Å²) in [5, 5.41) is 15.6. The van der Waals surface area contributed by atoms with Crippen LogP contribution in [0.5, 0.6) is 0 Å². The highest BCUT2D eigenvalue weighted by atomic mass is 15.0. The Bertz CT molecular complexity index is 3660. The van der Waals surface area contributed by atoms with E-state index in [4.69, 9.17) is 4.98 Å². The van der Waals surface area contributed by atoms with Gasteiger partial charge in [0, 0.05) is 38.2 Å². The Labute approximate surface area is 383 Å². The maximum absolute atomic E-state index is 11.1. The number of nitriles is 1. The van der Waals surface area contributed by atoms with Crippen molar-refractivity contribution in [3.63, 3.8) is 0 Å². The first-order chi connectivity index (χ1) is 32.5. The highest BCUT2D eigenvalue weighted by molar-refractivity contribution is 6.13. The lowest BCUT2D eigenvalue weighted by Crippen LogP contribution is -2.05. The van der Waals surface area contributed by atoms with E-state index < -0.39 is 0 Å². The molecule has 0 spiro atoms. The SMILES string of the molecule is Cc1cccc(-c2ccc3c(c2)c2ccccc2n3-c2cc(C#N)cc(-n3c4ccccc4c4cc(-c5cccc(C)c5)ccc43)c2-c2cc(-c3ccccc3)nc(-c3ccccc3)c2)c1. The van der Waals surface area contributed by atoms with Crippen molar-refractivity contribution in [1.82, 2.24) is 14.1 Å². The Morgan fingerprint density at radius 3 is 1.21 bits per heavy atom. The first-order valence-electron chi connectivity index (χ1n) is 22.4. The van der Waals surface area contributed by atoms with Crippen LogP contribution in [-0.2, 0) is 0 Å². The molecule has 0 aliphatic rings. The third-order valence-corrected chi connectivity index (χ3v) is 13.0. The molecule has 0 aliphatic heterocycles. The Balaban J connectivity index is 1.23. The van der Waals surface area contributed by atoms with Crippen molar-refractivity contribution in [3.8, 4) is 73.3 Å². The average Bonchev–Trinajstić information content (AvgIpc) is 3.88. The molecule has 0 aliphatic carbocycles. The van der Waals surface area contributed by atoms with E-state index in [0.29, 0.717) is 5.56 Å². The molecule has 0 amide bonds. The molecule has 0 unspecified atom stereocenters. The lowest BCUT2D eigenvalue weighted by atomic mass is 9.95. The Hall–Kier alpha value is -8.78. The van der Waals surface area contributed by atoms with Crippen molar-refractivity contribution in [2.24, 2.45) is 0 Å². The zero-order valence-corrected chi connectivity index (χ0v) is 36.6. The maximum atomic E-state index is 11.1. The van der Waals surface area contributed by atoms with E-state index in [9.17, 15) is 5.26 Å². The lowest BCUT2D eigenvalue weighted by Gasteiger charge is -2.22. The van der Waals surface area contributed by atoms with E-state index >= 15 is 0 Å². The zero-order chi connectivity index (χ0) is 44.3. The molecule has 0 fully saturated rings. The fourth-order valence-electron chi connectivity index (χ4n) is 9.99. The highest BCUT2D eigenvalue weighted by Gasteiger charge is 2.25. The molecule has 310 valence electrons. The largest absolute Gasteiger partial charge is 0.308 e. The number of aromatic nitrogens is 3. The van der Waals surface area contributed by atoms with Gasteiger partial charge >= 0.3 is 0 Å². The van der Waals surface area contributed by atoms with Gasteiger partial charge < -0.3 is 9.13 Å². The number of hydrogen-bond acceptors (Lipinski definition) is 2. The first kappa shape index (κ1) is 38.9. The number of nitrogens with zero attached hydrogens (tertiary/aromatic N) is 4. The predicted molar refractivity (Wildman–Crippen MR) is 274 cm³/mol. The lowest BCUT2D eigenvalue weighted by molar-refractivity contribution is 1.13. The number of benzene rings is 9. The van der Waals surface area contributed by atoms with Crippen LogP contribution in [0.15, 0.2) is 218 Å². The van der Waals surface area contributed by atoms with Gasteiger partial charge in [-0.15, -0.1) is 0 Å². The van der Waals surface area contributed by atoms with E-state index in [1.54, 1.807) is 0 Å². The number of rotatable bonds is 7. The van der Waals surface area contributed by atoms with Gasteiger partial charge in [-0.05, 0) is 102 Å². The van der Waals surface area contributed by atoms with Gasteiger partial charge in [-0.2, -0.15) is 5.26 Å². The molecule has 0 saturated carbocycles. The molecule has 66 heavy (non-hydrogen) atoms. The fraction of sp³-hybridized carbons (Fsp3) is 0.0323. The average molecular weight is 843 g/mol. The van der Waals surface area contributed by atoms with E-state index in [1.807, 2.05) is 12.1 Å². The van der Waals surface area contributed by atoms with Gasteiger partial charge in [0.15, 0.2) is 0 Å². The Kier molecular flexibility index (Phi) is 9.29. The smallest absolute Gasteiger partial charge is 0.0993 e. The van der Waals surface area contributed by atoms with E-state index in [-0.39, 0.29) is 0 Å². The van der Waals surface area contributed by atoms with Crippen molar-refractivity contribution in [3.05, 3.63) is 235 Å². The third kappa shape index (κ3) is 6.57. The fourth-order valence-corrected chi connectivity index (χ4v) is 9.99. The van der Waals surface area contributed by atoms with Crippen LogP contribution in [0.25, 0.3) is 111 Å². The highest BCUT2D eigenvalue weighted by Crippen LogP contribution is 2.45. The molecule has 0 atom stereocenters. The molecule has 12 rings (SSSR count). The molecular weight excluding hydrogens is 801 g/mol. The van der Waals surface area contributed by atoms with Gasteiger partial charge in [0.05, 0.1) is 56.5 Å². The van der Waals surface area contributed by atoms with Crippen LogP contribution in [0.3, 0.4) is 0 Å². The third-order valence-electron chi connectivity index (χ3n) is 13.0. The maximum Gasteiger partial charge on any atom is 0.0993 e. The first-order valence-corrected chi connectivity index (χ1v) is 22.4. The number of fused-ring (bicyclic) bond motifs is 6. The number of pyridine rings is 1. The molecule has 4 heteroatoms. The van der Waals surface area contributed by atoms with Gasteiger partial charge in [-0.1, -0.05) is 169 Å². The normalized spacial score (nSPS) is 11.5. The molecular formula is C62H42N4. The molecule has 9 aromatic carbocycles. The van der Waals surface area contributed by atoms with E-state index in [1.165, 1.54) is 22.3 Å². The summed E-state index contributed by atoms with van der Waals surface area (Å²) >= 11 is 0. The van der Waals surface area contributed by atoms with Gasteiger partial charge in [-0.3, -0.25) is 0 Å². The van der Waals surface area contributed by atoms with Crippen LogP contribution in [-0.4, -0.2) is 14.1 Å². The molecule has 3 aromatic heterocycles. The summed E-state index contributed by atoms with van der Waals surface area (Å²) in [4.78, 5) is 5.34. The van der Waals surface area contributed by atoms with Crippen LogP contribution < -0.4 is 0 Å². The van der Waals surface area contributed by atoms with Crippen molar-refractivity contribution >= 4 is 43.6 Å². The quantitative estimate of drug-likeness (QED) is 0.160. The molecule has 0 saturated heterocycles. The summed E-state index contributed by atoms with van der Waals surface area (Å²) in [6.07, 6.45) is 0. The summed E-state index contributed by atoms with van der Waals surface area (Å²) < 4.78 is 4.75. The van der Waals surface area contributed by atoms with Gasteiger partial charge in [0.25, 0.3) is 0 Å². The minimum atomic E-state index is 0.564. The summed E-state index contributed by atoms with van der Waals surface area (Å²) in [5.41, 5.74) is 19.5. The monoisotopic (exact) mass is 842 g/mol.